The van der Waals surface area contributed by atoms with Gasteiger partial charge in [-0.3, -0.25) is 0 Å². The molecule has 0 fully saturated rings. The molecule has 0 amide bonds. The summed E-state index contributed by atoms with van der Waals surface area (Å²) in [6.07, 6.45) is -0.898. The van der Waals surface area contributed by atoms with E-state index in [1.54, 1.807) is 0 Å². The number of aliphatic hydroxyl groups is 1. The van der Waals surface area contributed by atoms with Crippen molar-refractivity contribution in [3.8, 4) is 0 Å². The van der Waals surface area contributed by atoms with E-state index in [2.05, 4.69) is 17.1 Å². The maximum Gasteiger partial charge on any atom is 0.337 e. The van der Waals surface area contributed by atoms with Crippen LogP contribution in [0.2, 0.25) is 0 Å². The van der Waals surface area contributed by atoms with Crippen molar-refractivity contribution in [1.82, 2.24) is 0 Å². The summed E-state index contributed by atoms with van der Waals surface area (Å²) in [6, 6.07) is -0.998. The summed E-state index contributed by atoms with van der Waals surface area (Å²) < 4.78 is 3.94. The molecule has 0 spiro atoms. The molecule has 2 unspecified atom stereocenters. The first kappa shape index (κ1) is 8.74. The molecule has 2 atom stereocenters. The molecule has 0 aromatic rings. The van der Waals surface area contributed by atoms with Crippen LogP contribution >= 0.6 is 12.9 Å². The fourth-order valence-corrected chi connectivity index (χ4v) is 0.380. The van der Waals surface area contributed by atoms with Crippen molar-refractivity contribution in [2.45, 2.75) is 19.1 Å². The zero-order chi connectivity index (χ0) is 7.44. The third-order valence-electron chi connectivity index (χ3n) is 0.882. The van der Waals surface area contributed by atoms with Crippen LogP contribution in [0.1, 0.15) is 6.92 Å². The first-order valence-electron chi connectivity index (χ1n) is 2.38. The Bertz CT molecular complexity index is 106. The van der Waals surface area contributed by atoms with Gasteiger partial charge < -0.3 is 15.0 Å². The largest absolute Gasteiger partial charge is 0.393 e. The van der Waals surface area contributed by atoms with Gasteiger partial charge in [0.25, 0.3) is 0 Å². The molecule has 0 aliphatic rings. The lowest BCUT2D eigenvalue weighted by molar-refractivity contribution is -0.136. The number of hydrogen-bond acceptors (Lipinski definition) is 5. The second-order valence-electron chi connectivity index (χ2n) is 1.68. The highest BCUT2D eigenvalue weighted by Gasteiger charge is 2.18. The van der Waals surface area contributed by atoms with E-state index in [-0.39, 0.29) is 0 Å². The van der Waals surface area contributed by atoms with Gasteiger partial charge in [-0.05, 0) is 6.92 Å². The number of carbonyl (C=O) groups is 1. The van der Waals surface area contributed by atoms with E-state index in [4.69, 9.17) is 10.8 Å². The Morgan fingerprint density at radius 3 is 2.44 bits per heavy atom. The molecule has 0 saturated heterocycles. The predicted molar refractivity (Wildman–Crippen MR) is 34.7 cm³/mol. The lowest BCUT2D eigenvalue weighted by Crippen LogP contribution is -2.40. The molecule has 3 N–H and O–H groups in total. The molecule has 54 valence electrons. The standard InChI is InChI=1S/C4H9NO3S/c1-2(6)3(5)4(7)8-9/h2-3,6,9H,5H2,1H3. The molecule has 0 aliphatic heterocycles. The van der Waals surface area contributed by atoms with Gasteiger partial charge >= 0.3 is 5.97 Å². The number of nitrogens with two attached hydrogens (primary N) is 1. The smallest absolute Gasteiger partial charge is 0.337 e. The van der Waals surface area contributed by atoms with Crippen molar-refractivity contribution in [3.63, 3.8) is 0 Å². The summed E-state index contributed by atoms with van der Waals surface area (Å²) in [7, 11) is 0. The predicted octanol–water partition coefficient (Wildman–Crippen LogP) is -0.917. The maximum atomic E-state index is 10.4. The van der Waals surface area contributed by atoms with Gasteiger partial charge in [0.2, 0.25) is 0 Å². The number of hydrogen-bond donors (Lipinski definition) is 3. The van der Waals surface area contributed by atoms with E-state index in [1.807, 2.05) is 0 Å². The highest BCUT2D eigenvalue weighted by Crippen LogP contribution is 1.93. The Morgan fingerprint density at radius 1 is 1.89 bits per heavy atom. The second-order valence-corrected chi connectivity index (χ2v) is 1.86. The Morgan fingerprint density at radius 2 is 2.33 bits per heavy atom. The van der Waals surface area contributed by atoms with Crippen LogP contribution in [0.4, 0.5) is 0 Å². The lowest BCUT2D eigenvalue weighted by atomic mass is 10.2. The summed E-state index contributed by atoms with van der Waals surface area (Å²) in [5.41, 5.74) is 5.10. The molecular formula is C4H9NO3S. The fourth-order valence-electron chi connectivity index (χ4n) is 0.258. The minimum Gasteiger partial charge on any atom is -0.393 e. The van der Waals surface area contributed by atoms with Crippen LogP contribution in [0.15, 0.2) is 0 Å². The van der Waals surface area contributed by atoms with Crippen LogP contribution in [-0.2, 0) is 8.98 Å². The van der Waals surface area contributed by atoms with Crippen LogP contribution in [-0.4, -0.2) is 23.2 Å². The Hall–Kier alpha value is -0.260. The summed E-state index contributed by atoms with van der Waals surface area (Å²) in [5.74, 6) is -0.728. The van der Waals surface area contributed by atoms with Crippen molar-refractivity contribution < 1.29 is 14.1 Å². The lowest BCUT2D eigenvalue weighted by Gasteiger charge is -2.09. The molecule has 4 nitrogen and oxygen atoms in total. The third-order valence-corrected chi connectivity index (χ3v) is 1.06. The van der Waals surface area contributed by atoms with Crippen LogP contribution in [0.25, 0.3) is 0 Å². The van der Waals surface area contributed by atoms with Gasteiger partial charge in [-0.15, -0.1) is 0 Å². The van der Waals surface area contributed by atoms with Crippen molar-refractivity contribution in [1.29, 1.82) is 0 Å². The van der Waals surface area contributed by atoms with Crippen molar-refractivity contribution in [2.75, 3.05) is 0 Å². The quantitative estimate of drug-likeness (QED) is 0.352. The van der Waals surface area contributed by atoms with Gasteiger partial charge in [0.1, 0.15) is 6.04 Å². The van der Waals surface area contributed by atoms with Crippen molar-refractivity contribution >= 4 is 18.9 Å². The van der Waals surface area contributed by atoms with Crippen LogP contribution in [0.5, 0.6) is 0 Å². The summed E-state index contributed by atoms with van der Waals surface area (Å²) >= 11 is 3.21. The second kappa shape index (κ2) is 3.71. The summed E-state index contributed by atoms with van der Waals surface area (Å²) in [5, 5.41) is 8.66. The molecule has 0 saturated carbocycles. The molecule has 0 aromatic carbocycles. The number of rotatable bonds is 2. The molecule has 0 aliphatic carbocycles. The third kappa shape index (κ3) is 2.69. The first-order valence-corrected chi connectivity index (χ1v) is 2.75. The van der Waals surface area contributed by atoms with E-state index >= 15 is 0 Å². The Labute approximate surface area is 58.6 Å². The molecule has 0 heterocycles. The molecule has 0 bridgehead atoms. The zero-order valence-electron chi connectivity index (χ0n) is 4.94. The first-order chi connectivity index (χ1) is 4.09. The van der Waals surface area contributed by atoms with Gasteiger partial charge in [-0.25, -0.2) is 4.79 Å². The molecule has 0 rings (SSSR count). The van der Waals surface area contributed by atoms with Crippen LogP contribution in [0.3, 0.4) is 0 Å². The van der Waals surface area contributed by atoms with Gasteiger partial charge in [0.05, 0.1) is 6.10 Å². The van der Waals surface area contributed by atoms with E-state index < -0.39 is 18.1 Å². The number of thiol groups is 1. The summed E-state index contributed by atoms with van der Waals surface area (Å²) in [4.78, 5) is 10.4. The number of carbonyl (C=O) groups excluding carboxylic acids is 1. The zero-order valence-corrected chi connectivity index (χ0v) is 5.84. The monoisotopic (exact) mass is 151 g/mol. The van der Waals surface area contributed by atoms with Gasteiger partial charge in [-0.1, -0.05) is 0 Å². The van der Waals surface area contributed by atoms with Crippen molar-refractivity contribution in [3.05, 3.63) is 0 Å². The van der Waals surface area contributed by atoms with E-state index in [1.165, 1.54) is 6.92 Å². The van der Waals surface area contributed by atoms with Gasteiger partial charge in [0, 0.05) is 12.9 Å². The Balaban J connectivity index is 3.72. The molecule has 5 heteroatoms. The van der Waals surface area contributed by atoms with E-state index in [9.17, 15) is 4.79 Å². The average Bonchev–Trinajstić information content (AvgIpc) is 1.84. The molecular weight excluding hydrogens is 142 g/mol. The minimum atomic E-state index is -0.998. The average molecular weight is 151 g/mol. The van der Waals surface area contributed by atoms with Gasteiger partial charge in [-0.2, -0.15) is 0 Å². The maximum absolute atomic E-state index is 10.4. The van der Waals surface area contributed by atoms with E-state index in [0.29, 0.717) is 0 Å². The normalized spacial score (nSPS) is 16.4. The molecule has 0 radical (unpaired) electrons. The molecule has 9 heavy (non-hydrogen) atoms. The highest BCUT2D eigenvalue weighted by molar-refractivity contribution is 7.75. The molecule has 0 aromatic heterocycles. The highest BCUT2D eigenvalue weighted by atomic mass is 32.1. The van der Waals surface area contributed by atoms with E-state index in [0.717, 1.165) is 0 Å². The SMILES string of the molecule is CC(O)C(N)C(=O)OS. The minimum absolute atomic E-state index is 0.728. The fraction of sp³-hybridized carbons (Fsp3) is 0.750. The van der Waals surface area contributed by atoms with Gasteiger partial charge in [0.15, 0.2) is 0 Å². The van der Waals surface area contributed by atoms with Crippen LogP contribution in [0, 0.1) is 0 Å². The summed E-state index contributed by atoms with van der Waals surface area (Å²) in [6.45, 7) is 1.40. The van der Waals surface area contributed by atoms with Crippen molar-refractivity contribution in [2.24, 2.45) is 5.73 Å². The topological polar surface area (TPSA) is 72.5 Å². The van der Waals surface area contributed by atoms with Crippen LogP contribution < -0.4 is 5.73 Å². The Kier molecular flexibility index (Phi) is 3.60. The number of aliphatic hydroxyl groups excluding tert-OH is 1.